The van der Waals surface area contributed by atoms with Gasteiger partial charge in [0.25, 0.3) is 0 Å². The molecule has 0 N–H and O–H groups in total. The predicted octanol–water partition coefficient (Wildman–Crippen LogP) is 3.22. The fourth-order valence-electron chi connectivity index (χ4n) is 3.13. The van der Waals surface area contributed by atoms with Crippen molar-refractivity contribution < 1.29 is 32.6 Å². The van der Waals surface area contributed by atoms with Crippen LogP contribution in [0.25, 0.3) is 0 Å². The molecule has 2 atom stereocenters. The van der Waals surface area contributed by atoms with Crippen molar-refractivity contribution in [2.75, 3.05) is 19.8 Å². The number of hydrogen-bond acceptors (Lipinski definition) is 7. The van der Waals surface area contributed by atoms with Crippen molar-refractivity contribution in [3.8, 4) is 0 Å². The van der Waals surface area contributed by atoms with Crippen molar-refractivity contribution in [2.24, 2.45) is 0 Å². The quantitative estimate of drug-likeness (QED) is 0.515. The summed E-state index contributed by atoms with van der Waals surface area (Å²) in [5.41, 5.74) is 0. The molecule has 1 aliphatic carbocycles. The van der Waals surface area contributed by atoms with Gasteiger partial charge in [-0.2, -0.15) is 0 Å². The van der Waals surface area contributed by atoms with Crippen LogP contribution in [0.4, 0.5) is 0 Å². The number of esters is 1. The summed E-state index contributed by atoms with van der Waals surface area (Å²) in [4.78, 5) is 11.5. The van der Waals surface area contributed by atoms with E-state index in [4.69, 9.17) is 23.3 Å². The summed E-state index contributed by atoms with van der Waals surface area (Å²) >= 11 is 0. The number of ether oxygens (including phenoxy) is 3. The van der Waals surface area contributed by atoms with Gasteiger partial charge in [-0.05, 0) is 26.7 Å². The summed E-state index contributed by atoms with van der Waals surface area (Å²) in [7, 11) is -3.65. The maximum atomic E-state index is 13.0. The standard InChI is InChI=1S/C15H27O7P/c1-4-19-23(17,20-5-2)14(21-12(3)16)13-11-18-15(22-13)9-7-6-8-10-15/h13-14H,4-11H2,1-3H3/t13-,14+/m1/s1. The van der Waals surface area contributed by atoms with Crippen molar-refractivity contribution in [1.82, 2.24) is 0 Å². The summed E-state index contributed by atoms with van der Waals surface area (Å²) in [6.07, 6.45) is 4.15. The second kappa shape index (κ2) is 8.08. The topological polar surface area (TPSA) is 80.3 Å². The Morgan fingerprint density at radius 3 is 2.35 bits per heavy atom. The van der Waals surface area contributed by atoms with Gasteiger partial charge in [-0.25, -0.2) is 0 Å². The Morgan fingerprint density at radius 2 is 1.83 bits per heavy atom. The molecule has 1 saturated heterocycles. The molecule has 2 rings (SSSR count). The van der Waals surface area contributed by atoms with Gasteiger partial charge in [0, 0.05) is 19.8 Å². The first kappa shape index (κ1) is 18.9. The molecule has 1 aliphatic heterocycles. The summed E-state index contributed by atoms with van der Waals surface area (Å²) in [6.45, 7) is 5.28. The molecule has 0 aromatic heterocycles. The van der Waals surface area contributed by atoms with Gasteiger partial charge in [0.1, 0.15) is 6.10 Å². The average Bonchev–Trinajstić information content (AvgIpc) is 2.89. The number of hydrogen-bond donors (Lipinski definition) is 0. The molecule has 134 valence electrons. The summed E-state index contributed by atoms with van der Waals surface area (Å²) in [5.74, 6) is -2.31. The zero-order valence-electron chi connectivity index (χ0n) is 14.1. The summed E-state index contributed by atoms with van der Waals surface area (Å²) < 4.78 is 40.9. The summed E-state index contributed by atoms with van der Waals surface area (Å²) in [6, 6.07) is 0. The molecular formula is C15H27O7P. The van der Waals surface area contributed by atoms with Crippen LogP contribution in [0, 0.1) is 0 Å². The lowest BCUT2D eigenvalue weighted by atomic mass is 9.94. The average molecular weight is 350 g/mol. The fourth-order valence-corrected chi connectivity index (χ4v) is 5.05. The van der Waals surface area contributed by atoms with E-state index in [1.807, 2.05) is 0 Å². The highest BCUT2D eigenvalue weighted by Gasteiger charge is 2.52. The van der Waals surface area contributed by atoms with Crippen molar-refractivity contribution in [3.63, 3.8) is 0 Å². The third-order valence-corrected chi connectivity index (χ3v) is 6.32. The molecule has 1 spiro atoms. The van der Waals surface area contributed by atoms with Crippen LogP contribution >= 0.6 is 7.60 Å². The largest absolute Gasteiger partial charge is 0.447 e. The van der Waals surface area contributed by atoms with Crippen LogP contribution in [0.15, 0.2) is 0 Å². The van der Waals surface area contributed by atoms with Gasteiger partial charge in [-0.1, -0.05) is 6.42 Å². The molecule has 0 bridgehead atoms. The molecule has 23 heavy (non-hydrogen) atoms. The second-order valence-corrected chi connectivity index (χ2v) is 7.92. The molecule has 1 saturated carbocycles. The summed E-state index contributed by atoms with van der Waals surface area (Å²) in [5, 5.41) is 0. The first-order valence-corrected chi connectivity index (χ1v) is 9.93. The van der Waals surface area contributed by atoms with E-state index < -0.39 is 31.3 Å². The first-order chi connectivity index (χ1) is 10.9. The van der Waals surface area contributed by atoms with E-state index in [-0.39, 0.29) is 19.8 Å². The van der Waals surface area contributed by atoms with E-state index in [0.29, 0.717) is 0 Å². The van der Waals surface area contributed by atoms with Crippen molar-refractivity contribution in [3.05, 3.63) is 0 Å². The van der Waals surface area contributed by atoms with Crippen LogP contribution in [0.3, 0.4) is 0 Å². The van der Waals surface area contributed by atoms with Crippen LogP contribution in [-0.4, -0.2) is 43.5 Å². The van der Waals surface area contributed by atoms with Gasteiger partial charge in [0.05, 0.1) is 19.8 Å². The van der Waals surface area contributed by atoms with Crippen LogP contribution in [0.5, 0.6) is 0 Å². The van der Waals surface area contributed by atoms with E-state index in [1.165, 1.54) is 6.92 Å². The fraction of sp³-hybridized carbons (Fsp3) is 0.933. The zero-order valence-corrected chi connectivity index (χ0v) is 15.0. The lowest BCUT2D eigenvalue weighted by Crippen LogP contribution is -2.38. The molecule has 0 amide bonds. The normalized spacial score (nSPS) is 25.4. The van der Waals surface area contributed by atoms with Crippen molar-refractivity contribution in [2.45, 2.75) is 70.6 Å². The van der Waals surface area contributed by atoms with Gasteiger partial charge in [0.2, 0.25) is 5.85 Å². The van der Waals surface area contributed by atoms with E-state index in [1.54, 1.807) is 13.8 Å². The molecule has 2 aliphatic rings. The van der Waals surface area contributed by atoms with Gasteiger partial charge in [-0.3, -0.25) is 9.36 Å². The minimum atomic E-state index is -3.65. The Hall–Kier alpha value is -0.460. The molecule has 0 radical (unpaired) electrons. The molecule has 0 aromatic carbocycles. The van der Waals surface area contributed by atoms with E-state index in [2.05, 4.69) is 0 Å². The van der Waals surface area contributed by atoms with E-state index in [9.17, 15) is 9.36 Å². The van der Waals surface area contributed by atoms with Crippen LogP contribution in [-0.2, 0) is 32.6 Å². The number of carbonyl (C=O) groups excluding carboxylic acids is 1. The molecule has 7 nitrogen and oxygen atoms in total. The second-order valence-electron chi connectivity index (χ2n) is 5.81. The Labute approximate surface area is 137 Å². The minimum absolute atomic E-state index is 0.188. The number of rotatable bonds is 7. The van der Waals surface area contributed by atoms with Crippen molar-refractivity contribution in [1.29, 1.82) is 0 Å². The third-order valence-electron chi connectivity index (χ3n) is 4.03. The van der Waals surface area contributed by atoms with E-state index >= 15 is 0 Å². The lowest BCUT2D eigenvalue weighted by Gasteiger charge is -2.33. The van der Waals surface area contributed by atoms with Crippen LogP contribution in [0.1, 0.15) is 52.9 Å². The third kappa shape index (κ3) is 4.54. The molecule has 8 heteroatoms. The van der Waals surface area contributed by atoms with Gasteiger partial charge in [-0.15, -0.1) is 0 Å². The highest BCUT2D eigenvalue weighted by Crippen LogP contribution is 2.57. The Kier molecular flexibility index (Phi) is 6.63. The van der Waals surface area contributed by atoms with Crippen molar-refractivity contribution >= 4 is 13.6 Å². The van der Waals surface area contributed by atoms with Crippen LogP contribution in [0.2, 0.25) is 0 Å². The van der Waals surface area contributed by atoms with Gasteiger partial charge >= 0.3 is 13.6 Å². The monoisotopic (exact) mass is 350 g/mol. The predicted molar refractivity (Wildman–Crippen MR) is 83.1 cm³/mol. The molecule has 0 unspecified atom stereocenters. The van der Waals surface area contributed by atoms with E-state index in [0.717, 1.165) is 32.1 Å². The molecular weight excluding hydrogens is 323 g/mol. The molecule has 1 heterocycles. The Morgan fingerprint density at radius 1 is 1.22 bits per heavy atom. The first-order valence-electron chi connectivity index (χ1n) is 8.32. The minimum Gasteiger partial charge on any atom is -0.447 e. The maximum absolute atomic E-state index is 13.0. The highest BCUT2D eigenvalue weighted by molar-refractivity contribution is 7.54. The number of carbonyl (C=O) groups is 1. The van der Waals surface area contributed by atoms with Gasteiger partial charge in [0.15, 0.2) is 5.79 Å². The SMILES string of the molecule is CCOP(=O)(OCC)[C@H](OC(C)=O)[C@H]1COC2(CCCCC2)O1. The Bertz CT molecular complexity index is 437. The zero-order chi connectivity index (χ0) is 16.9. The molecule has 0 aromatic rings. The Balaban J connectivity index is 2.17. The highest BCUT2D eigenvalue weighted by atomic mass is 31.2. The van der Waals surface area contributed by atoms with Crippen LogP contribution < -0.4 is 0 Å². The van der Waals surface area contributed by atoms with Gasteiger partial charge < -0.3 is 23.3 Å². The molecule has 2 fully saturated rings. The maximum Gasteiger partial charge on any atom is 0.373 e. The lowest BCUT2D eigenvalue weighted by molar-refractivity contribution is -0.196. The smallest absolute Gasteiger partial charge is 0.373 e.